The molecule has 0 fully saturated rings. The van der Waals surface area contributed by atoms with Crippen molar-refractivity contribution in [3.8, 4) is 0 Å². The Labute approximate surface area is 204 Å². The molecule has 0 heterocycles. The first-order chi connectivity index (χ1) is 15.8. The van der Waals surface area contributed by atoms with Crippen molar-refractivity contribution in [2.45, 2.75) is 66.6 Å². The molecule has 2 amide bonds. The molecule has 2 atom stereocenters. The molecule has 0 radical (unpaired) electrons. The standard InChI is InChI=1S/C26H37N3O4S/c1-8-21(5)27-26(31)22(6)28(16-23-14-12-18(2)13-15-23)24(30)17-29(34(7,32)33)25-19(3)10-9-11-20(25)4/h9-15,21-22H,8,16-17H2,1-7H3,(H,27,31). The fourth-order valence-electron chi connectivity index (χ4n) is 3.71. The zero-order chi connectivity index (χ0) is 25.6. The van der Waals surface area contributed by atoms with Gasteiger partial charge in [-0.05, 0) is 57.7 Å². The number of carbonyl (C=O) groups is 2. The summed E-state index contributed by atoms with van der Waals surface area (Å²) in [5.41, 5.74) is 3.95. The van der Waals surface area contributed by atoms with Gasteiger partial charge in [0.1, 0.15) is 12.6 Å². The second-order valence-corrected chi connectivity index (χ2v) is 10.9. The maximum absolute atomic E-state index is 13.6. The fourth-order valence-corrected chi connectivity index (χ4v) is 4.68. The summed E-state index contributed by atoms with van der Waals surface area (Å²) in [5, 5.41) is 2.93. The van der Waals surface area contributed by atoms with Gasteiger partial charge in [-0.1, -0.05) is 55.0 Å². The molecule has 0 aromatic heterocycles. The normalized spacial score (nSPS) is 13.1. The molecule has 0 bridgehead atoms. The molecule has 0 aliphatic heterocycles. The van der Waals surface area contributed by atoms with Gasteiger partial charge in [0.2, 0.25) is 21.8 Å². The Hall–Kier alpha value is -2.87. The van der Waals surface area contributed by atoms with Gasteiger partial charge in [0.05, 0.1) is 11.9 Å². The smallest absolute Gasteiger partial charge is 0.244 e. The van der Waals surface area contributed by atoms with Crippen molar-refractivity contribution in [3.05, 3.63) is 64.7 Å². The Morgan fingerprint density at radius 3 is 2.03 bits per heavy atom. The molecule has 0 saturated heterocycles. The highest BCUT2D eigenvalue weighted by molar-refractivity contribution is 7.92. The summed E-state index contributed by atoms with van der Waals surface area (Å²) < 4.78 is 26.6. The van der Waals surface area contributed by atoms with E-state index in [1.54, 1.807) is 6.92 Å². The van der Waals surface area contributed by atoms with Crippen LogP contribution in [0.2, 0.25) is 0 Å². The van der Waals surface area contributed by atoms with E-state index in [1.807, 2.05) is 77.1 Å². The predicted molar refractivity (Wildman–Crippen MR) is 137 cm³/mol. The number of nitrogens with zero attached hydrogens (tertiary/aromatic N) is 2. The molecular weight excluding hydrogens is 450 g/mol. The molecule has 0 spiro atoms. The van der Waals surface area contributed by atoms with E-state index in [0.717, 1.165) is 39.2 Å². The van der Waals surface area contributed by atoms with Crippen molar-refractivity contribution in [2.75, 3.05) is 17.1 Å². The summed E-state index contributed by atoms with van der Waals surface area (Å²) in [6.45, 7) is 11.0. The minimum absolute atomic E-state index is 0.0339. The van der Waals surface area contributed by atoms with Gasteiger partial charge in [-0.15, -0.1) is 0 Å². The molecule has 0 saturated carbocycles. The number of aryl methyl sites for hydroxylation is 3. The van der Waals surface area contributed by atoms with Gasteiger partial charge >= 0.3 is 0 Å². The molecule has 7 nitrogen and oxygen atoms in total. The Morgan fingerprint density at radius 2 is 1.53 bits per heavy atom. The van der Waals surface area contributed by atoms with Gasteiger partial charge in [0, 0.05) is 12.6 Å². The van der Waals surface area contributed by atoms with Crippen LogP contribution in [-0.2, 0) is 26.2 Å². The zero-order valence-electron chi connectivity index (χ0n) is 21.3. The first-order valence-electron chi connectivity index (χ1n) is 11.5. The van der Waals surface area contributed by atoms with Crippen molar-refractivity contribution >= 4 is 27.5 Å². The van der Waals surface area contributed by atoms with Crippen LogP contribution in [0, 0.1) is 20.8 Å². The van der Waals surface area contributed by atoms with Gasteiger partial charge in [-0.25, -0.2) is 8.42 Å². The number of sulfonamides is 1. The van der Waals surface area contributed by atoms with E-state index in [1.165, 1.54) is 4.90 Å². The number of para-hydroxylation sites is 1. The number of rotatable bonds is 10. The number of carbonyl (C=O) groups excluding carboxylic acids is 2. The number of nitrogens with one attached hydrogen (secondary N) is 1. The number of amides is 2. The molecule has 0 aliphatic rings. The van der Waals surface area contributed by atoms with Gasteiger partial charge < -0.3 is 10.2 Å². The Morgan fingerprint density at radius 1 is 0.971 bits per heavy atom. The second kappa shape index (κ2) is 11.5. The highest BCUT2D eigenvalue weighted by atomic mass is 32.2. The summed E-state index contributed by atoms with van der Waals surface area (Å²) in [6.07, 6.45) is 1.86. The first-order valence-corrected chi connectivity index (χ1v) is 13.4. The average Bonchev–Trinajstić information content (AvgIpc) is 2.76. The van der Waals surface area contributed by atoms with Crippen LogP contribution in [0.4, 0.5) is 5.69 Å². The van der Waals surface area contributed by atoms with E-state index < -0.39 is 28.5 Å². The van der Waals surface area contributed by atoms with Gasteiger partial charge in [-0.3, -0.25) is 13.9 Å². The summed E-state index contributed by atoms with van der Waals surface area (Å²) in [7, 11) is -3.75. The highest BCUT2D eigenvalue weighted by Crippen LogP contribution is 2.27. The Kier molecular flexibility index (Phi) is 9.27. The monoisotopic (exact) mass is 487 g/mol. The van der Waals surface area contributed by atoms with Crippen molar-refractivity contribution in [1.29, 1.82) is 0 Å². The van der Waals surface area contributed by atoms with E-state index in [0.29, 0.717) is 5.69 Å². The van der Waals surface area contributed by atoms with Gasteiger partial charge in [-0.2, -0.15) is 0 Å². The topological polar surface area (TPSA) is 86.8 Å². The molecule has 8 heteroatoms. The third kappa shape index (κ3) is 7.06. The molecule has 0 aliphatic carbocycles. The maximum Gasteiger partial charge on any atom is 0.244 e. The number of benzene rings is 2. The van der Waals surface area contributed by atoms with E-state index in [2.05, 4.69) is 5.32 Å². The predicted octanol–water partition coefficient (Wildman–Crippen LogP) is 3.71. The van der Waals surface area contributed by atoms with E-state index >= 15 is 0 Å². The highest BCUT2D eigenvalue weighted by Gasteiger charge is 2.31. The van der Waals surface area contributed by atoms with Crippen LogP contribution < -0.4 is 9.62 Å². The van der Waals surface area contributed by atoms with Crippen LogP contribution in [0.3, 0.4) is 0 Å². The quantitative estimate of drug-likeness (QED) is 0.554. The van der Waals surface area contributed by atoms with Crippen molar-refractivity contribution < 1.29 is 18.0 Å². The second-order valence-electron chi connectivity index (χ2n) is 9.01. The van der Waals surface area contributed by atoms with Crippen molar-refractivity contribution in [3.63, 3.8) is 0 Å². The summed E-state index contributed by atoms with van der Waals surface area (Å²) in [6, 6.07) is 12.4. The lowest BCUT2D eigenvalue weighted by atomic mass is 10.1. The van der Waals surface area contributed by atoms with Gasteiger partial charge in [0.15, 0.2) is 0 Å². The van der Waals surface area contributed by atoms with Crippen LogP contribution in [0.5, 0.6) is 0 Å². The molecule has 1 N–H and O–H groups in total. The minimum atomic E-state index is -3.75. The van der Waals surface area contributed by atoms with Crippen LogP contribution in [0.1, 0.15) is 49.4 Å². The van der Waals surface area contributed by atoms with E-state index in [9.17, 15) is 18.0 Å². The summed E-state index contributed by atoms with van der Waals surface area (Å²) >= 11 is 0. The fraction of sp³-hybridized carbons (Fsp3) is 0.462. The molecular formula is C26H37N3O4S. The Bertz CT molecular complexity index is 1090. The number of anilines is 1. The van der Waals surface area contributed by atoms with Crippen molar-refractivity contribution in [2.24, 2.45) is 0 Å². The first kappa shape index (κ1) is 27.4. The average molecular weight is 488 g/mol. The molecule has 2 unspecified atom stereocenters. The molecule has 2 aromatic rings. The third-order valence-corrected chi connectivity index (χ3v) is 7.12. The third-order valence-electron chi connectivity index (χ3n) is 6.01. The number of hydrogen-bond acceptors (Lipinski definition) is 4. The maximum atomic E-state index is 13.6. The summed E-state index contributed by atoms with van der Waals surface area (Å²) in [5.74, 6) is -0.715. The van der Waals surface area contributed by atoms with Crippen LogP contribution in [0.15, 0.2) is 42.5 Å². The lowest BCUT2D eigenvalue weighted by Gasteiger charge is -2.32. The molecule has 2 rings (SSSR count). The molecule has 2 aromatic carbocycles. The number of hydrogen-bond donors (Lipinski definition) is 1. The lowest BCUT2D eigenvalue weighted by molar-refractivity contribution is -0.139. The Balaban J connectivity index is 2.43. The summed E-state index contributed by atoms with van der Waals surface area (Å²) in [4.78, 5) is 28.0. The van der Waals surface area contributed by atoms with Crippen LogP contribution in [-0.4, -0.2) is 50.0 Å². The molecule has 34 heavy (non-hydrogen) atoms. The van der Waals surface area contributed by atoms with Crippen LogP contribution >= 0.6 is 0 Å². The SMILES string of the molecule is CCC(C)NC(=O)C(C)N(Cc1ccc(C)cc1)C(=O)CN(c1c(C)cccc1C)S(C)(=O)=O. The van der Waals surface area contributed by atoms with E-state index in [-0.39, 0.29) is 18.5 Å². The van der Waals surface area contributed by atoms with Crippen molar-refractivity contribution in [1.82, 2.24) is 10.2 Å². The van der Waals surface area contributed by atoms with Crippen LogP contribution in [0.25, 0.3) is 0 Å². The van der Waals surface area contributed by atoms with E-state index in [4.69, 9.17) is 0 Å². The zero-order valence-corrected chi connectivity index (χ0v) is 22.1. The lowest BCUT2D eigenvalue weighted by Crippen LogP contribution is -2.52. The largest absolute Gasteiger partial charge is 0.352 e. The minimum Gasteiger partial charge on any atom is -0.352 e. The van der Waals surface area contributed by atoms with Gasteiger partial charge in [0.25, 0.3) is 0 Å². The molecule has 186 valence electrons.